The maximum atomic E-state index is 12.7. The zero-order chi connectivity index (χ0) is 22.4. The minimum Gasteiger partial charge on any atom is -0.484 e. The molecule has 0 radical (unpaired) electrons. The first-order valence-corrected chi connectivity index (χ1v) is 9.53. The number of ether oxygens (including phenoxy) is 2. The van der Waals surface area contributed by atoms with Crippen LogP contribution in [0.15, 0.2) is 30.3 Å². The number of benzene rings is 1. The summed E-state index contributed by atoms with van der Waals surface area (Å²) in [5, 5.41) is 2.47. The molecule has 2 aromatic rings. The molecule has 160 valence electrons. The number of hydrogen-bond donors (Lipinski definition) is 2. The Morgan fingerprint density at radius 3 is 2.27 bits per heavy atom. The van der Waals surface area contributed by atoms with Gasteiger partial charge in [-0.05, 0) is 52.3 Å². The van der Waals surface area contributed by atoms with Crippen LogP contribution < -0.4 is 10.1 Å². The molecule has 0 aliphatic rings. The average molecular weight is 414 g/mol. The van der Waals surface area contributed by atoms with E-state index in [4.69, 9.17) is 9.47 Å². The fourth-order valence-electron chi connectivity index (χ4n) is 3.07. The third kappa shape index (κ3) is 5.56. The van der Waals surface area contributed by atoms with Crippen LogP contribution in [0.2, 0.25) is 0 Å². The van der Waals surface area contributed by atoms with Gasteiger partial charge in [0.05, 0.1) is 5.69 Å². The minimum absolute atomic E-state index is 0.154. The zero-order valence-electron chi connectivity index (χ0n) is 17.7. The van der Waals surface area contributed by atoms with E-state index in [0.717, 1.165) is 0 Å². The predicted octanol–water partition coefficient (Wildman–Crippen LogP) is 2.53. The largest absolute Gasteiger partial charge is 0.484 e. The van der Waals surface area contributed by atoms with Crippen LogP contribution in [-0.4, -0.2) is 47.2 Å². The van der Waals surface area contributed by atoms with Crippen molar-refractivity contribution in [3.63, 3.8) is 0 Å². The Kier molecular flexibility index (Phi) is 7.52. The third-order valence-electron chi connectivity index (χ3n) is 4.54. The van der Waals surface area contributed by atoms with Crippen LogP contribution >= 0.6 is 0 Å². The highest BCUT2D eigenvalue weighted by atomic mass is 16.5. The van der Waals surface area contributed by atoms with Crippen LogP contribution in [0.4, 0.5) is 0 Å². The van der Waals surface area contributed by atoms with Gasteiger partial charge in [-0.3, -0.25) is 14.4 Å². The molecule has 2 N–H and O–H groups in total. The van der Waals surface area contributed by atoms with Gasteiger partial charge in [-0.15, -0.1) is 0 Å². The Hall–Kier alpha value is -3.42. The van der Waals surface area contributed by atoms with E-state index in [1.165, 1.54) is 20.8 Å². The quantitative estimate of drug-likeness (QED) is 0.481. The topological polar surface area (TPSA) is 115 Å². The van der Waals surface area contributed by atoms with Crippen molar-refractivity contribution in [2.24, 2.45) is 0 Å². The number of carbonyl (C=O) groups is 4. The van der Waals surface area contributed by atoms with Crippen LogP contribution in [0.1, 0.15) is 52.9 Å². The first-order valence-electron chi connectivity index (χ1n) is 9.53. The summed E-state index contributed by atoms with van der Waals surface area (Å²) in [7, 11) is 0. The average Bonchev–Trinajstić information content (AvgIpc) is 3.00. The van der Waals surface area contributed by atoms with Gasteiger partial charge in [-0.1, -0.05) is 18.2 Å². The van der Waals surface area contributed by atoms with Crippen molar-refractivity contribution < 1.29 is 28.7 Å². The standard InChI is InChI=1S/C22H26N2O6/c1-12-19(15(4)25)13(2)24-20(12)21(27)16(5)30-22(28)14(3)23-18(26)11-29-17-9-7-6-8-10-17/h6-10,14,16,24H,11H2,1-5H3,(H,23,26)/t14-,16+/m0/s1. The third-order valence-corrected chi connectivity index (χ3v) is 4.54. The number of carbonyl (C=O) groups excluding carboxylic acids is 4. The lowest BCUT2D eigenvalue weighted by Gasteiger charge is -2.17. The summed E-state index contributed by atoms with van der Waals surface area (Å²) < 4.78 is 10.5. The number of ketones is 2. The summed E-state index contributed by atoms with van der Waals surface area (Å²) in [6.07, 6.45) is -1.09. The second-order valence-electron chi connectivity index (χ2n) is 7.02. The Morgan fingerprint density at radius 1 is 1.07 bits per heavy atom. The number of aromatic nitrogens is 1. The number of aromatic amines is 1. The van der Waals surface area contributed by atoms with Crippen LogP contribution in [-0.2, 0) is 14.3 Å². The molecule has 1 amide bonds. The molecular formula is C22H26N2O6. The normalized spacial score (nSPS) is 12.6. The summed E-state index contributed by atoms with van der Waals surface area (Å²) in [5.41, 5.74) is 1.79. The number of amides is 1. The van der Waals surface area contributed by atoms with Crippen molar-refractivity contribution in [2.75, 3.05) is 6.61 Å². The smallest absolute Gasteiger partial charge is 0.329 e. The summed E-state index contributed by atoms with van der Waals surface area (Å²) in [6.45, 7) is 7.43. The van der Waals surface area contributed by atoms with E-state index >= 15 is 0 Å². The van der Waals surface area contributed by atoms with Gasteiger partial charge in [0.25, 0.3) is 5.91 Å². The lowest BCUT2D eigenvalue weighted by molar-refractivity contribution is -0.150. The second kappa shape index (κ2) is 9.87. The van der Waals surface area contributed by atoms with Gasteiger partial charge in [0.1, 0.15) is 11.8 Å². The highest BCUT2D eigenvalue weighted by Gasteiger charge is 2.28. The number of Topliss-reactive ketones (excluding diaryl/α,β-unsaturated/α-hetero) is 2. The van der Waals surface area contributed by atoms with Crippen molar-refractivity contribution >= 4 is 23.4 Å². The molecule has 0 saturated carbocycles. The monoisotopic (exact) mass is 414 g/mol. The minimum atomic E-state index is -1.09. The highest BCUT2D eigenvalue weighted by Crippen LogP contribution is 2.20. The summed E-state index contributed by atoms with van der Waals surface area (Å²) in [6, 6.07) is 7.83. The van der Waals surface area contributed by atoms with Crippen molar-refractivity contribution in [1.29, 1.82) is 0 Å². The van der Waals surface area contributed by atoms with Crippen LogP contribution in [0.3, 0.4) is 0 Å². The number of aryl methyl sites for hydroxylation is 1. The van der Waals surface area contributed by atoms with Crippen molar-refractivity contribution in [1.82, 2.24) is 10.3 Å². The molecule has 1 heterocycles. The summed E-state index contributed by atoms with van der Waals surface area (Å²) in [5.74, 6) is -1.33. The van der Waals surface area contributed by atoms with E-state index in [-0.39, 0.29) is 18.1 Å². The summed E-state index contributed by atoms with van der Waals surface area (Å²) >= 11 is 0. The lowest BCUT2D eigenvalue weighted by Crippen LogP contribution is -2.43. The molecule has 2 rings (SSSR count). The van der Waals surface area contributed by atoms with E-state index in [0.29, 0.717) is 22.6 Å². The molecule has 0 saturated heterocycles. The van der Waals surface area contributed by atoms with Gasteiger partial charge in [-0.25, -0.2) is 4.79 Å². The maximum absolute atomic E-state index is 12.7. The molecule has 8 heteroatoms. The SMILES string of the molecule is CC(=O)c1c(C)[nH]c(C(=O)[C@@H](C)OC(=O)[C@H](C)NC(=O)COc2ccccc2)c1C. The van der Waals surface area contributed by atoms with Crippen LogP contribution in [0.5, 0.6) is 5.75 Å². The number of esters is 1. The van der Waals surface area contributed by atoms with Crippen molar-refractivity contribution in [3.05, 3.63) is 52.8 Å². The van der Waals surface area contributed by atoms with Crippen molar-refractivity contribution in [2.45, 2.75) is 46.8 Å². The molecule has 30 heavy (non-hydrogen) atoms. The van der Waals surface area contributed by atoms with Crippen molar-refractivity contribution in [3.8, 4) is 5.75 Å². The van der Waals surface area contributed by atoms with Gasteiger partial charge in [0.15, 0.2) is 18.5 Å². The molecule has 0 aliphatic heterocycles. The number of rotatable bonds is 9. The first-order chi connectivity index (χ1) is 14.1. The molecule has 0 bridgehead atoms. The first kappa shape index (κ1) is 22.9. The van der Waals surface area contributed by atoms with Gasteiger partial charge < -0.3 is 19.8 Å². The highest BCUT2D eigenvalue weighted by molar-refractivity contribution is 6.05. The maximum Gasteiger partial charge on any atom is 0.329 e. The Bertz CT molecular complexity index is 948. The molecule has 0 fully saturated rings. The fraction of sp³-hybridized carbons (Fsp3) is 0.364. The lowest BCUT2D eigenvalue weighted by atomic mass is 10.0. The van der Waals surface area contributed by atoms with Gasteiger partial charge in [0.2, 0.25) is 5.78 Å². The number of para-hydroxylation sites is 1. The van der Waals surface area contributed by atoms with Crippen LogP contribution in [0, 0.1) is 13.8 Å². The zero-order valence-corrected chi connectivity index (χ0v) is 17.7. The Labute approximate surface area is 175 Å². The number of H-pyrrole nitrogens is 1. The van der Waals surface area contributed by atoms with E-state index in [2.05, 4.69) is 10.3 Å². The molecular weight excluding hydrogens is 388 g/mol. The molecule has 0 aliphatic carbocycles. The molecule has 0 unspecified atom stereocenters. The van der Waals surface area contributed by atoms with E-state index in [1.807, 2.05) is 6.07 Å². The predicted molar refractivity (Wildman–Crippen MR) is 110 cm³/mol. The molecule has 2 atom stereocenters. The molecule has 1 aromatic carbocycles. The van der Waals surface area contributed by atoms with E-state index < -0.39 is 29.8 Å². The van der Waals surface area contributed by atoms with Gasteiger partial charge in [-0.2, -0.15) is 0 Å². The van der Waals surface area contributed by atoms with Gasteiger partial charge >= 0.3 is 5.97 Å². The van der Waals surface area contributed by atoms with Gasteiger partial charge in [0, 0.05) is 11.3 Å². The van der Waals surface area contributed by atoms with Crippen LogP contribution in [0.25, 0.3) is 0 Å². The van der Waals surface area contributed by atoms with E-state index in [9.17, 15) is 19.2 Å². The Balaban J connectivity index is 1.91. The number of hydrogen-bond acceptors (Lipinski definition) is 6. The van der Waals surface area contributed by atoms with E-state index in [1.54, 1.807) is 38.1 Å². The molecule has 1 aromatic heterocycles. The second-order valence-corrected chi connectivity index (χ2v) is 7.02. The Morgan fingerprint density at radius 2 is 1.70 bits per heavy atom. The summed E-state index contributed by atoms with van der Waals surface area (Å²) in [4.78, 5) is 51.5. The number of nitrogens with one attached hydrogen (secondary N) is 2. The molecule has 0 spiro atoms. The molecule has 8 nitrogen and oxygen atoms in total. The fourth-order valence-corrected chi connectivity index (χ4v) is 3.07.